The van der Waals surface area contributed by atoms with E-state index in [-0.39, 0.29) is 5.91 Å². The van der Waals surface area contributed by atoms with Gasteiger partial charge in [-0.05, 0) is 35.9 Å². The number of aryl methyl sites for hydroxylation is 1. The van der Waals surface area contributed by atoms with Crippen LogP contribution in [-0.2, 0) is 26.7 Å². The second kappa shape index (κ2) is 9.40. The molecule has 1 aromatic carbocycles. The van der Waals surface area contributed by atoms with Crippen molar-refractivity contribution in [3.8, 4) is 0 Å². The number of nitrogens with one attached hydrogen (secondary N) is 3. The van der Waals surface area contributed by atoms with Crippen LogP contribution in [-0.4, -0.2) is 28.7 Å². The number of guanidine groups is 1. The Bertz CT molecular complexity index is 930. The number of aromatic nitrogens is 2. The Kier molecular flexibility index (Phi) is 6.46. The predicted octanol–water partition coefficient (Wildman–Crippen LogP) is 1.81. The third kappa shape index (κ3) is 5.23. The summed E-state index contributed by atoms with van der Waals surface area (Å²) in [4.78, 5) is 16.6. The Hall–Kier alpha value is -3.55. The van der Waals surface area contributed by atoms with Gasteiger partial charge in [-0.3, -0.25) is 14.5 Å². The molecular formula is C20H24N6O2. The van der Waals surface area contributed by atoms with Gasteiger partial charge in [0.2, 0.25) is 0 Å². The molecule has 3 aromatic rings. The van der Waals surface area contributed by atoms with E-state index >= 15 is 0 Å². The van der Waals surface area contributed by atoms with Crippen LogP contribution >= 0.6 is 0 Å². The Morgan fingerprint density at radius 2 is 1.96 bits per heavy atom. The molecule has 8 nitrogen and oxygen atoms in total. The van der Waals surface area contributed by atoms with Gasteiger partial charge in [-0.2, -0.15) is 5.10 Å². The Labute approximate surface area is 163 Å². The molecule has 0 atom stereocenters. The highest BCUT2D eigenvalue weighted by atomic mass is 16.3. The van der Waals surface area contributed by atoms with Gasteiger partial charge in [0.1, 0.15) is 5.76 Å². The van der Waals surface area contributed by atoms with Crippen molar-refractivity contribution in [3.05, 3.63) is 77.5 Å². The van der Waals surface area contributed by atoms with E-state index in [1.807, 2.05) is 42.1 Å². The summed E-state index contributed by atoms with van der Waals surface area (Å²) in [6, 6.07) is 13.0. The molecule has 1 amide bonds. The number of benzene rings is 1. The monoisotopic (exact) mass is 380 g/mol. The molecule has 0 aliphatic rings. The second-order valence-corrected chi connectivity index (χ2v) is 6.19. The molecule has 0 aliphatic heterocycles. The highest BCUT2D eigenvalue weighted by Crippen LogP contribution is 2.06. The minimum Gasteiger partial charge on any atom is -0.467 e. The lowest BCUT2D eigenvalue weighted by molar-refractivity contribution is 0.0948. The Balaban J connectivity index is 1.51. The van der Waals surface area contributed by atoms with Crippen LogP contribution in [0.5, 0.6) is 0 Å². The largest absolute Gasteiger partial charge is 0.467 e. The summed E-state index contributed by atoms with van der Waals surface area (Å²) in [7, 11) is 3.62. The van der Waals surface area contributed by atoms with Crippen molar-refractivity contribution in [2.24, 2.45) is 12.0 Å². The van der Waals surface area contributed by atoms with E-state index in [1.165, 1.54) is 0 Å². The van der Waals surface area contributed by atoms with E-state index in [0.29, 0.717) is 31.2 Å². The third-order valence-electron chi connectivity index (χ3n) is 4.24. The quantitative estimate of drug-likeness (QED) is 0.429. The van der Waals surface area contributed by atoms with E-state index in [2.05, 4.69) is 26.0 Å². The molecule has 2 heterocycles. The number of hydrogen-bond acceptors (Lipinski definition) is 4. The van der Waals surface area contributed by atoms with E-state index in [4.69, 9.17) is 4.42 Å². The van der Waals surface area contributed by atoms with E-state index in [9.17, 15) is 4.79 Å². The first-order valence-corrected chi connectivity index (χ1v) is 8.96. The number of aliphatic imine (C=N–C) groups is 1. The van der Waals surface area contributed by atoms with Crippen molar-refractivity contribution in [3.63, 3.8) is 0 Å². The van der Waals surface area contributed by atoms with Gasteiger partial charge in [0, 0.05) is 32.4 Å². The molecule has 0 saturated heterocycles. The molecule has 146 valence electrons. The SMILES string of the molecule is CN=C(NCc1cccc(C(=O)NCc2ccco2)c1)NCc1ccnn1C. The molecular weight excluding hydrogens is 356 g/mol. The zero-order valence-corrected chi connectivity index (χ0v) is 16.0. The van der Waals surface area contributed by atoms with Gasteiger partial charge in [0.15, 0.2) is 5.96 Å². The topological polar surface area (TPSA) is 96.5 Å². The van der Waals surface area contributed by atoms with Gasteiger partial charge >= 0.3 is 0 Å². The van der Waals surface area contributed by atoms with Gasteiger partial charge in [-0.1, -0.05) is 12.1 Å². The molecule has 3 rings (SSSR count). The molecule has 0 spiro atoms. The zero-order chi connectivity index (χ0) is 19.8. The minimum atomic E-state index is -0.142. The van der Waals surface area contributed by atoms with Crippen LogP contribution in [0.3, 0.4) is 0 Å². The highest BCUT2D eigenvalue weighted by Gasteiger charge is 2.08. The van der Waals surface area contributed by atoms with Crippen LogP contribution in [0.15, 0.2) is 64.3 Å². The van der Waals surface area contributed by atoms with Crippen LogP contribution in [0.2, 0.25) is 0 Å². The first-order valence-electron chi connectivity index (χ1n) is 8.96. The molecule has 0 unspecified atom stereocenters. The number of carbonyl (C=O) groups is 1. The molecule has 0 aliphatic carbocycles. The normalized spacial score (nSPS) is 11.3. The fourth-order valence-electron chi connectivity index (χ4n) is 2.66. The Morgan fingerprint density at radius 1 is 1.11 bits per heavy atom. The summed E-state index contributed by atoms with van der Waals surface area (Å²) in [5.41, 5.74) is 2.64. The predicted molar refractivity (Wildman–Crippen MR) is 107 cm³/mol. The van der Waals surface area contributed by atoms with Gasteiger partial charge in [-0.15, -0.1) is 0 Å². The number of hydrogen-bond donors (Lipinski definition) is 3. The van der Waals surface area contributed by atoms with Gasteiger partial charge < -0.3 is 20.4 Å². The second-order valence-electron chi connectivity index (χ2n) is 6.19. The summed E-state index contributed by atoms with van der Waals surface area (Å²) in [5, 5.41) is 13.5. The molecule has 0 saturated carbocycles. The van der Waals surface area contributed by atoms with E-state index in [1.54, 1.807) is 31.6 Å². The van der Waals surface area contributed by atoms with Crippen LogP contribution in [0, 0.1) is 0 Å². The third-order valence-corrected chi connectivity index (χ3v) is 4.24. The van der Waals surface area contributed by atoms with Gasteiger partial charge in [0.25, 0.3) is 5.91 Å². The van der Waals surface area contributed by atoms with Crippen molar-refractivity contribution in [1.82, 2.24) is 25.7 Å². The minimum absolute atomic E-state index is 0.142. The summed E-state index contributed by atoms with van der Waals surface area (Å²) >= 11 is 0. The number of carbonyl (C=O) groups excluding carboxylic acids is 1. The summed E-state index contributed by atoms with van der Waals surface area (Å²) < 4.78 is 7.04. The number of amides is 1. The smallest absolute Gasteiger partial charge is 0.251 e. The maximum absolute atomic E-state index is 12.3. The maximum Gasteiger partial charge on any atom is 0.251 e. The number of furan rings is 1. The van der Waals surface area contributed by atoms with Crippen molar-refractivity contribution in [2.45, 2.75) is 19.6 Å². The Morgan fingerprint density at radius 3 is 2.68 bits per heavy atom. The lowest BCUT2D eigenvalue weighted by Gasteiger charge is -2.12. The molecule has 8 heteroatoms. The van der Waals surface area contributed by atoms with Gasteiger partial charge in [0.05, 0.1) is 25.0 Å². The maximum atomic E-state index is 12.3. The molecule has 0 bridgehead atoms. The van der Waals surface area contributed by atoms with Crippen LogP contribution in [0.25, 0.3) is 0 Å². The first-order chi connectivity index (χ1) is 13.7. The average molecular weight is 380 g/mol. The summed E-state index contributed by atoms with van der Waals surface area (Å²) in [6.07, 6.45) is 3.35. The summed E-state index contributed by atoms with van der Waals surface area (Å²) in [5.74, 6) is 1.25. The fourth-order valence-corrected chi connectivity index (χ4v) is 2.66. The van der Waals surface area contributed by atoms with Crippen LogP contribution in [0.4, 0.5) is 0 Å². The summed E-state index contributed by atoms with van der Waals surface area (Å²) in [6.45, 7) is 1.52. The first kappa shape index (κ1) is 19.2. The average Bonchev–Trinajstić information content (AvgIpc) is 3.38. The fraction of sp³-hybridized carbons (Fsp3) is 0.250. The van der Waals surface area contributed by atoms with E-state index in [0.717, 1.165) is 17.0 Å². The van der Waals surface area contributed by atoms with E-state index < -0.39 is 0 Å². The van der Waals surface area contributed by atoms with Crippen LogP contribution in [0.1, 0.15) is 27.4 Å². The molecule has 3 N–H and O–H groups in total. The van der Waals surface area contributed by atoms with Crippen molar-refractivity contribution >= 4 is 11.9 Å². The molecule has 2 aromatic heterocycles. The van der Waals surface area contributed by atoms with Crippen molar-refractivity contribution in [2.75, 3.05) is 7.05 Å². The van der Waals surface area contributed by atoms with Crippen molar-refractivity contribution < 1.29 is 9.21 Å². The number of rotatable bonds is 7. The highest BCUT2D eigenvalue weighted by molar-refractivity contribution is 5.94. The molecule has 0 radical (unpaired) electrons. The van der Waals surface area contributed by atoms with Crippen molar-refractivity contribution in [1.29, 1.82) is 0 Å². The standard InChI is InChI=1S/C20H24N6O2/c1-21-20(24-13-17-8-9-25-26(17)2)23-12-15-5-3-6-16(11-15)19(27)22-14-18-7-4-10-28-18/h3-11H,12-14H2,1-2H3,(H,22,27)(H2,21,23,24). The number of nitrogens with zero attached hydrogens (tertiary/aromatic N) is 3. The zero-order valence-electron chi connectivity index (χ0n) is 16.0. The molecule has 0 fully saturated rings. The molecule has 28 heavy (non-hydrogen) atoms. The lowest BCUT2D eigenvalue weighted by atomic mass is 10.1. The van der Waals surface area contributed by atoms with Crippen LogP contribution < -0.4 is 16.0 Å². The van der Waals surface area contributed by atoms with Gasteiger partial charge in [-0.25, -0.2) is 0 Å². The lowest BCUT2D eigenvalue weighted by Crippen LogP contribution is -2.36.